The number of carbonyl (C=O) groups is 3. The van der Waals surface area contributed by atoms with Gasteiger partial charge in [-0.2, -0.15) is 0 Å². The van der Waals surface area contributed by atoms with Crippen LogP contribution in [0, 0.1) is 17.8 Å². The Balaban J connectivity index is 1.52. The highest BCUT2D eigenvalue weighted by molar-refractivity contribution is 6.05. The normalized spacial score (nSPS) is 28.7. The van der Waals surface area contributed by atoms with Gasteiger partial charge in [-0.1, -0.05) is 49.4 Å². The molecule has 5 rings (SSSR count). The van der Waals surface area contributed by atoms with Gasteiger partial charge in [-0.3, -0.25) is 14.4 Å². The molecule has 0 radical (unpaired) electrons. The highest BCUT2D eigenvalue weighted by Crippen LogP contribution is 2.65. The molecule has 0 saturated carbocycles. The first kappa shape index (κ1) is 31.9. The first-order valence-corrected chi connectivity index (χ1v) is 16.0. The molecular weight excluding hydrogens is 556 g/mol. The number of aliphatic hydroxyl groups excluding tert-OH is 1. The highest BCUT2D eigenvalue weighted by Gasteiger charge is 2.80. The van der Waals surface area contributed by atoms with Crippen LogP contribution in [-0.4, -0.2) is 71.3 Å². The van der Waals surface area contributed by atoms with Gasteiger partial charge in [0.05, 0.1) is 18.1 Å². The molecule has 236 valence electrons. The van der Waals surface area contributed by atoms with Crippen LogP contribution >= 0.6 is 0 Å². The summed E-state index contributed by atoms with van der Waals surface area (Å²) >= 11 is 0. The molecule has 2 amide bonds. The van der Waals surface area contributed by atoms with Gasteiger partial charge in [0.25, 0.3) is 5.91 Å². The molecule has 8 heteroatoms. The van der Waals surface area contributed by atoms with Crippen LogP contribution in [0.15, 0.2) is 67.8 Å². The standard InChI is InChI=1S/C36H46N2O6/c1-5-7-8-14-22-43-34(42)30-29-32(40)38(20-12-9-13-21-39)31(36(29)24-25(3)35(30,4)44-36)33(41)37(19-6-2)28-18-17-26-15-10-11-16-27(26)23-28/h5-6,10-11,15-18,23,25,29-31,39H,1-2,7-9,12-14,19-22,24H2,3-4H3/t25?,29-,30+,31?,35-,36?/m0/s1. The average molecular weight is 603 g/mol. The summed E-state index contributed by atoms with van der Waals surface area (Å²) in [6, 6.07) is 13.0. The molecule has 0 aliphatic carbocycles. The lowest BCUT2D eigenvalue weighted by molar-refractivity contribution is -0.161. The fraction of sp³-hybridized carbons (Fsp3) is 0.528. The Morgan fingerprint density at radius 1 is 1.09 bits per heavy atom. The third-order valence-corrected chi connectivity index (χ3v) is 10.0. The number of hydrogen-bond donors (Lipinski definition) is 1. The molecule has 3 unspecified atom stereocenters. The molecule has 6 atom stereocenters. The molecule has 3 saturated heterocycles. The minimum absolute atomic E-state index is 0.0666. The number of nitrogens with zero attached hydrogens (tertiary/aromatic N) is 2. The Hall–Kier alpha value is -3.49. The van der Waals surface area contributed by atoms with Gasteiger partial charge in [0.1, 0.15) is 17.6 Å². The Morgan fingerprint density at radius 2 is 1.86 bits per heavy atom. The van der Waals surface area contributed by atoms with Crippen molar-refractivity contribution in [1.29, 1.82) is 0 Å². The van der Waals surface area contributed by atoms with Gasteiger partial charge in [0, 0.05) is 25.4 Å². The summed E-state index contributed by atoms with van der Waals surface area (Å²) < 4.78 is 12.6. The van der Waals surface area contributed by atoms with E-state index >= 15 is 0 Å². The lowest BCUT2D eigenvalue weighted by Crippen LogP contribution is -2.57. The third kappa shape index (κ3) is 5.47. The Kier molecular flexibility index (Phi) is 9.61. The van der Waals surface area contributed by atoms with E-state index in [-0.39, 0.29) is 37.5 Å². The van der Waals surface area contributed by atoms with E-state index in [1.165, 1.54) is 0 Å². The van der Waals surface area contributed by atoms with Gasteiger partial charge in [0.2, 0.25) is 5.91 Å². The Morgan fingerprint density at radius 3 is 2.59 bits per heavy atom. The second kappa shape index (κ2) is 13.2. The Bertz CT molecular complexity index is 1410. The number of carbonyl (C=O) groups excluding carboxylic acids is 3. The van der Waals surface area contributed by atoms with Gasteiger partial charge < -0.3 is 24.4 Å². The first-order chi connectivity index (χ1) is 21.2. The fourth-order valence-electron chi connectivity index (χ4n) is 7.78. The minimum Gasteiger partial charge on any atom is -0.465 e. The monoisotopic (exact) mass is 602 g/mol. The van der Waals surface area contributed by atoms with Gasteiger partial charge >= 0.3 is 5.97 Å². The molecule has 3 aliphatic rings. The number of esters is 1. The van der Waals surface area contributed by atoms with Crippen LogP contribution in [0.4, 0.5) is 5.69 Å². The highest BCUT2D eigenvalue weighted by atomic mass is 16.6. The maximum Gasteiger partial charge on any atom is 0.312 e. The van der Waals surface area contributed by atoms with Crippen LogP contribution in [0.1, 0.15) is 58.8 Å². The second-order valence-corrected chi connectivity index (χ2v) is 12.7. The number of rotatable bonds is 15. The molecule has 0 aromatic heterocycles. The van der Waals surface area contributed by atoms with Crippen LogP contribution in [0.2, 0.25) is 0 Å². The predicted octanol–water partition coefficient (Wildman–Crippen LogP) is 5.43. The van der Waals surface area contributed by atoms with Gasteiger partial charge in [-0.25, -0.2) is 0 Å². The fourth-order valence-corrected chi connectivity index (χ4v) is 7.78. The van der Waals surface area contributed by atoms with E-state index in [0.29, 0.717) is 44.3 Å². The summed E-state index contributed by atoms with van der Waals surface area (Å²) in [5, 5.41) is 11.4. The Labute approximate surface area is 260 Å². The van der Waals surface area contributed by atoms with E-state index in [4.69, 9.17) is 9.47 Å². The van der Waals surface area contributed by atoms with E-state index in [1.807, 2.05) is 62.4 Å². The molecule has 2 aromatic rings. The van der Waals surface area contributed by atoms with E-state index in [0.717, 1.165) is 23.6 Å². The third-order valence-electron chi connectivity index (χ3n) is 10.0. The lowest BCUT2D eigenvalue weighted by Gasteiger charge is -2.37. The number of hydrogen-bond acceptors (Lipinski definition) is 6. The summed E-state index contributed by atoms with van der Waals surface area (Å²) in [6.07, 6.45) is 8.39. The number of benzene rings is 2. The van der Waals surface area contributed by atoms with Crippen LogP contribution < -0.4 is 4.90 Å². The van der Waals surface area contributed by atoms with Gasteiger partial charge in [-0.05, 0) is 80.7 Å². The van der Waals surface area contributed by atoms with Crippen molar-refractivity contribution in [2.24, 2.45) is 17.8 Å². The minimum atomic E-state index is -1.15. The van der Waals surface area contributed by atoms with Crippen LogP contribution in [0.5, 0.6) is 0 Å². The van der Waals surface area contributed by atoms with Crippen LogP contribution in [0.25, 0.3) is 10.8 Å². The maximum absolute atomic E-state index is 14.8. The molecule has 3 aliphatic heterocycles. The van der Waals surface area contributed by atoms with Crippen molar-refractivity contribution in [3.63, 3.8) is 0 Å². The number of ether oxygens (including phenoxy) is 2. The van der Waals surface area contributed by atoms with Crippen molar-refractivity contribution in [3.05, 3.63) is 67.8 Å². The van der Waals surface area contributed by atoms with E-state index in [1.54, 1.807) is 15.9 Å². The number of anilines is 1. The lowest BCUT2D eigenvalue weighted by atomic mass is 9.62. The summed E-state index contributed by atoms with van der Waals surface area (Å²) in [4.78, 5) is 46.3. The van der Waals surface area contributed by atoms with Crippen molar-refractivity contribution in [2.45, 2.75) is 76.0 Å². The quantitative estimate of drug-likeness (QED) is 0.166. The SMILES string of the molecule is C=CCCCCOC(=O)[C@H]1[C@H]2C(=O)N(CCCCCO)C(C(=O)N(CC=C)c3ccc4ccccc4c3)C23CC(C)[C@]1(C)O3. The number of amides is 2. The smallest absolute Gasteiger partial charge is 0.312 e. The number of fused-ring (bicyclic) bond motifs is 2. The van der Waals surface area contributed by atoms with Crippen LogP contribution in [-0.2, 0) is 23.9 Å². The van der Waals surface area contributed by atoms with Crippen molar-refractivity contribution < 1.29 is 29.0 Å². The van der Waals surface area contributed by atoms with E-state index in [2.05, 4.69) is 13.2 Å². The number of unbranched alkanes of at least 4 members (excludes halogenated alkanes) is 4. The zero-order valence-corrected chi connectivity index (χ0v) is 26.1. The van der Waals surface area contributed by atoms with Crippen molar-refractivity contribution >= 4 is 34.2 Å². The molecule has 1 N–H and O–H groups in total. The summed E-state index contributed by atoms with van der Waals surface area (Å²) in [5.74, 6) is -2.57. The zero-order chi connectivity index (χ0) is 31.5. The molecule has 2 aromatic carbocycles. The summed E-state index contributed by atoms with van der Waals surface area (Å²) in [5.41, 5.74) is -1.36. The molecule has 1 spiro atoms. The van der Waals surface area contributed by atoms with Gasteiger partial charge in [-0.15, -0.1) is 13.2 Å². The molecular formula is C36H46N2O6. The van der Waals surface area contributed by atoms with E-state index in [9.17, 15) is 19.5 Å². The molecule has 8 nitrogen and oxygen atoms in total. The summed E-state index contributed by atoms with van der Waals surface area (Å²) in [6.45, 7) is 12.5. The van der Waals surface area contributed by atoms with Crippen molar-refractivity contribution in [2.75, 3.05) is 31.2 Å². The number of aliphatic hydroxyl groups is 1. The molecule has 3 heterocycles. The molecule has 44 heavy (non-hydrogen) atoms. The van der Waals surface area contributed by atoms with Crippen molar-refractivity contribution in [1.82, 2.24) is 4.90 Å². The second-order valence-electron chi connectivity index (χ2n) is 12.7. The molecule has 3 fully saturated rings. The topological polar surface area (TPSA) is 96.4 Å². The zero-order valence-electron chi connectivity index (χ0n) is 26.1. The van der Waals surface area contributed by atoms with Gasteiger partial charge in [0.15, 0.2) is 0 Å². The summed E-state index contributed by atoms with van der Waals surface area (Å²) in [7, 11) is 0. The van der Waals surface area contributed by atoms with Crippen molar-refractivity contribution in [3.8, 4) is 0 Å². The molecule has 2 bridgehead atoms. The van der Waals surface area contributed by atoms with E-state index < -0.39 is 35.0 Å². The average Bonchev–Trinajstić information content (AvgIpc) is 3.53. The number of allylic oxidation sites excluding steroid dienone is 1. The largest absolute Gasteiger partial charge is 0.465 e. The maximum atomic E-state index is 14.8. The number of likely N-dealkylation sites (tertiary alicyclic amines) is 1. The first-order valence-electron chi connectivity index (χ1n) is 16.0. The predicted molar refractivity (Wildman–Crippen MR) is 171 cm³/mol. The van der Waals surface area contributed by atoms with Crippen LogP contribution in [0.3, 0.4) is 0 Å².